The fourth-order valence-corrected chi connectivity index (χ4v) is 2.15. The number of hydrogen-bond donors (Lipinski definition) is 2. The van der Waals surface area contributed by atoms with Crippen LogP contribution in [0.4, 0.5) is 0 Å². The molecular formula is C16H27NO3. The fraction of sp³-hybridized carbons (Fsp3) is 0.625. The quantitative estimate of drug-likeness (QED) is 0.647. The molecule has 0 saturated heterocycles. The molecule has 1 unspecified atom stereocenters. The zero-order chi connectivity index (χ0) is 14.8. The topological polar surface area (TPSA) is 50.7 Å². The highest BCUT2D eigenvalue weighted by Gasteiger charge is 2.20. The number of aliphatic hydroxyl groups excluding tert-OH is 1. The van der Waals surface area contributed by atoms with Gasteiger partial charge in [-0.1, -0.05) is 13.0 Å². The van der Waals surface area contributed by atoms with E-state index in [-0.39, 0.29) is 12.1 Å². The summed E-state index contributed by atoms with van der Waals surface area (Å²) in [6.07, 6.45) is 2.94. The molecule has 1 aromatic carbocycles. The van der Waals surface area contributed by atoms with Crippen LogP contribution in [0.25, 0.3) is 0 Å². The standard InChI is InChI=1S/C16H27NO3/c1-4-17-16(2,13-18)10-5-6-11-20-15-9-7-8-14(12-15)19-3/h7-9,12,17-18H,4-6,10-11,13H2,1-3H3. The van der Waals surface area contributed by atoms with Crippen molar-refractivity contribution in [2.45, 2.75) is 38.6 Å². The van der Waals surface area contributed by atoms with Gasteiger partial charge in [0.1, 0.15) is 11.5 Å². The van der Waals surface area contributed by atoms with Gasteiger partial charge in [0.2, 0.25) is 0 Å². The van der Waals surface area contributed by atoms with E-state index in [0.717, 1.165) is 37.3 Å². The average molecular weight is 281 g/mol. The maximum Gasteiger partial charge on any atom is 0.122 e. The molecule has 1 rings (SSSR count). The van der Waals surface area contributed by atoms with Gasteiger partial charge in [-0.2, -0.15) is 0 Å². The minimum absolute atomic E-state index is 0.164. The zero-order valence-corrected chi connectivity index (χ0v) is 12.8. The van der Waals surface area contributed by atoms with Gasteiger partial charge in [0.05, 0.1) is 20.3 Å². The second kappa shape index (κ2) is 8.82. The number of nitrogens with one attached hydrogen (secondary N) is 1. The molecule has 0 aromatic heterocycles. The number of likely N-dealkylation sites (N-methyl/N-ethyl adjacent to an activating group) is 1. The maximum absolute atomic E-state index is 9.40. The third-order valence-electron chi connectivity index (χ3n) is 3.39. The van der Waals surface area contributed by atoms with Gasteiger partial charge in [-0.25, -0.2) is 0 Å². The largest absolute Gasteiger partial charge is 0.497 e. The van der Waals surface area contributed by atoms with Crippen LogP contribution in [0.15, 0.2) is 24.3 Å². The molecule has 0 aliphatic heterocycles. The Morgan fingerprint density at radius 3 is 2.65 bits per heavy atom. The summed E-state index contributed by atoms with van der Waals surface area (Å²) in [6.45, 7) is 5.83. The summed E-state index contributed by atoms with van der Waals surface area (Å²) in [4.78, 5) is 0. The van der Waals surface area contributed by atoms with Gasteiger partial charge in [0, 0.05) is 11.6 Å². The molecule has 0 aliphatic rings. The van der Waals surface area contributed by atoms with E-state index in [2.05, 4.69) is 19.2 Å². The molecule has 0 saturated carbocycles. The van der Waals surface area contributed by atoms with Crippen LogP contribution in [0.1, 0.15) is 33.1 Å². The number of hydrogen-bond acceptors (Lipinski definition) is 4. The lowest BCUT2D eigenvalue weighted by Gasteiger charge is -2.28. The van der Waals surface area contributed by atoms with E-state index in [1.807, 2.05) is 24.3 Å². The van der Waals surface area contributed by atoms with Crippen molar-refractivity contribution < 1.29 is 14.6 Å². The van der Waals surface area contributed by atoms with Gasteiger partial charge in [-0.3, -0.25) is 0 Å². The number of unbranched alkanes of at least 4 members (excludes halogenated alkanes) is 1. The summed E-state index contributed by atoms with van der Waals surface area (Å²) in [6, 6.07) is 7.63. The normalized spacial score (nSPS) is 13.8. The van der Waals surface area contributed by atoms with Crippen LogP contribution >= 0.6 is 0 Å². The van der Waals surface area contributed by atoms with Crippen molar-refractivity contribution in [1.82, 2.24) is 5.32 Å². The Morgan fingerprint density at radius 1 is 1.25 bits per heavy atom. The van der Waals surface area contributed by atoms with Crippen LogP contribution < -0.4 is 14.8 Å². The second-order valence-corrected chi connectivity index (χ2v) is 5.23. The molecule has 1 aromatic rings. The molecule has 2 N–H and O–H groups in total. The Hall–Kier alpha value is -1.26. The smallest absolute Gasteiger partial charge is 0.122 e. The first-order valence-corrected chi connectivity index (χ1v) is 7.26. The van der Waals surface area contributed by atoms with E-state index < -0.39 is 0 Å². The SMILES string of the molecule is CCNC(C)(CO)CCCCOc1cccc(OC)c1. The van der Waals surface area contributed by atoms with Crippen molar-refractivity contribution in [2.75, 3.05) is 26.9 Å². The van der Waals surface area contributed by atoms with Crippen LogP contribution in [0.3, 0.4) is 0 Å². The molecule has 0 heterocycles. The third-order valence-corrected chi connectivity index (χ3v) is 3.39. The van der Waals surface area contributed by atoms with Crippen molar-refractivity contribution in [3.8, 4) is 11.5 Å². The Labute approximate surface area is 122 Å². The first-order chi connectivity index (χ1) is 9.63. The lowest BCUT2D eigenvalue weighted by Crippen LogP contribution is -2.45. The first-order valence-electron chi connectivity index (χ1n) is 7.26. The monoisotopic (exact) mass is 281 g/mol. The van der Waals surface area contributed by atoms with Crippen molar-refractivity contribution >= 4 is 0 Å². The Balaban J connectivity index is 2.24. The predicted octanol–water partition coefficient (Wildman–Crippen LogP) is 2.60. The van der Waals surface area contributed by atoms with E-state index in [0.29, 0.717) is 6.61 Å². The summed E-state index contributed by atoms with van der Waals surface area (Å²) < 4.78 is 10.8. The molecule has 114 valence electrons. The minimum atomic E-state index is -0.176. The van der Waals surface area contributed by atoms with Gasteiger partial charge in [-0.05, 0) is 44.9 Å². The lowest BCUT2D eigenvalue weighted by atomic mass is 9.96. The number of ether oxygens (including phenoxy) is 2. The highest BCUT2D eigenvalue weighted by Crippen LogP contribution is 2.19. The van der Waals surface area contributed by atoms with E-state index in [9.17, 15) is 5.11 Å². The summed E-state index contributed by atoms with van der Waals surface area (Å²) >= 11 is 0. The first kappa shape index (κ1) is 16.8. The van der Waals surface area contributed by atoms with Gasteiger partial charge >= 0.3 is 0 Å². The van der Waals surface area contributed by atoms with Crippen LogP contribution in [-0.4, -0.2) is 37.5 Å². The van der Waals surface area contributed by atoms with Crippen molar-refractivity contribution in [1.29, 1.82) is 0 Å². The highest BCUT2D eigenvalue weighted by atomic mass is 16.5. The molecule has 0 fully saturated rings. The molecule has 4 heteroatoms. The third kappa shape index (κ3) is 5.80. The number of benzene rings is 1. The minimum Gasteiger partial charge on any atom is -0.497 e. The highest BCUT2D eigenvalue weighted by molar-refractivity contribution is 5.32. The Morgan fingerprint density at radius 2 is 2.00 bits per heavy atom. The van der Waals surface area contributed by atoms with Gasteiger partial charge in [-0.15, -0.1) is 0 Å². The zero-order valence-electron chi connectivity index (χ0n) is 12.8. The van der Waals surface area contributed by atoms with Crippen LogP contribution in [0.2, 0.25) is 0 Å². The van der Waals surface area contributed by atoms with Crippen LogP contribution in [0, 0.1) is 0 Å². The second-order valence-electron chi connectivity index (χ2n) is 5.23. The van der Waals surface area contributed by atoms with Gasteiger partial charge in [0.15, 0.2) is 0 Å². The number of methoxy groups -OCH3 is 1. The molecule has 0 aliphatic carbocycles. The molecule has 4 nitrogen and oxygen atoms in total. The fourth-order valence-electron chi connectivity index (χ4n) is 2.15. The summed E-state index contributed by atoms with van der Waals surface area (Å²) in [5.41, 5.74) is -0.176. The van der Waals surface area contributed by atoms with Gasteiger partial charge < -0.3 is 19.9 Å². The molecule has 20 heavy (non-hydrogen) atoms. The summed E-state index contributed by atoms with van der Waals surface area (Å²) in [5.74, 6) is 1.64. The summed E-state index contributed by atoms with van der Waals surface area (Å²) in [7, 11) is 1.65. The summed E-state index contributed by atoms with van der Waals surface area (Å²) in [5, 5.41) is 12.7. The number of aliphatic hydroxyl groups is 1. The molecule has 0 amide bonds. The van der Waals surface area contributed by atoms with E-state index in [1.165, 1.54) is 0 Å². The van der Waals surface area contributed by atoms with E-state index >= 15 is 0 Å². The molecular weight excluding hydrogens is 254 g/mol. The maximum atomic E-state index is 9.40. The Bertz CT molecular complexity index is 384. The predicted molar refractivity (Wildman–Crippen MR) is 81.5 cm³/mol. The molecule has 0 radical (unpaired) electrons. The van der Waals surface area contributed by atoms with E-state index in [1.54, 1.807) is 7.11 Å². The van der Waals surface area contributed by atoms with Crippen LogP contribution in [-0.2, 0) is 0 Å². The van der Waals surface area contributed by atoms with E-state index in [4.69, 9.17) is 9.47 Å². The molecule has 0 bridgehead atoms. The van der Waals surface area contributed by atoms with Gasteiger partial charge in [0.25, 0.3) is 0 Å². The molecule has 1 atom stereocenters. The van der Waals surface area contributed by atoms with Crippen molar-refractivity contribution in [2.24, 2.45) is 0 Å². The van der Waals surface area contributed by atoms with Crippen molar-refractivity contribution in [3.05, 3.63) is 24.3 Å². The Kier molecular flexibility index (Phi) is 7.41. The molecule has 0 spiro atoms. The average Bonchev–Trinajstić information content (AvgIpc) is 2.47. The number of rotatable bonds is 10. The van der Waals surface area contributed by atoms with Crippen LogP contribution in [0.5, 0.6) is 11.5 Å². The van der Waals surface area contributed by atoms with Crippen molar-refractivity contribution in [3.63, 3.8) is 0 Å². The lowest BCUT2D eigenvalue weighted by molar-refractivity contribution is 0.162.